The molecule has 1 amide bonds. The molecule has 0 spiro atoms. The van der Waals surface area contributed by atoms with Gasteiger partial charge >= 0.3 is 0 Å². The average molecular weight is 345 g/mol. The summed E-state index contributed by atoms with van der Waals surface area (Å²) in [7, 11) is 1.59. The van der Waals surface area contributed by atoms with Gasteiger partial charge in [0.15, 0.2) is 0 Å². The molecule has 5 heteroatoms. The first-order valence-electron chi connectivity index (χ1n) is 8.36. The topological polar surface area (TPSA) is 47.6 Å². The summed E-state index contributed by atoms with van der Waals surface area (Å²) in [6.45, 7) is 4.95. The lowest BCUT2D eigenvalue weighted by Gasteiger charge is -2.16. The third kappa shape index (κ3) is 5.29. The highest BCUT2D eigenvalue weighted by molar-refractivity contribution is 5.94. The number of amides is 1. The second-order valence-corrected chi connectivity index (χ2v) is 5.83. The Hall–Kier alpha value is -2.40. The predicted octanol–water partition coefficient (Wildman–Crippen LogP) is 4.25. The lowest BCUT2D eigenvalue weighted by atomic mass is 10.1. The number of carbonyl (C=O) groups is 1. The van der Waals surface area contributed by atoms with Crippen LogP contribution < -0.4 is 10.1 Å². The van der Waals surface area contributed by atoms with Crippen molar-refractivity contribution >= 4 is 5.91 Å². The molecule has 2 aromatic carbocycles. The maximum atomic E-state index is 13.0. The molecule has 134 valence electrons. The van der Waals surface area contributed by atoms with E-state index in [1.54, 1.807) is 37.4 Å². The van der Waals surface area contributed by atoms with Gasteiger partial charge in [-0.15, -0.1) is 0 Å². The monoisotopic (exact) mass is 345 g/mol. The Labute approximate surface area is 148 Å². The summed E-state index contributed by atoms with van der Waals surface area (Å²) in [5, 5.41) is 2.92. The highest BCUT2D eigenvalue weighted by Gasteiger charge is 2.14. The molecule has 1 N–H and O–H groups in total. The molecule has 0 fully saturated rings. The van der Waals surface area contributed by atoms with Crippen LogP contribution in [0.1, 0.15) is 47.8 Å². The standard InChI is InChI=1S/C20H24FNO3/c1-4-11-25-13-17-12-16(7-10-19(17)24-3)20(23)22-14(2)15-5-8-18(21)9-6-15/h5-10,12,14H,4,11,13H2,1-3H3,(H,22,23). The van der Waals surface area contributed by atoms with Crippen molar-refractivity contribution in [1.82, 2.24) is 5.32 Å². The summed E-state index contributed by atoms with van der Waals surface area (Å²) >= 11 is 0. The number of halogens is 1. The number of hydrogen-bond donors (Lipinski definition) is 1. The maximum absolute atomic E-state index is 13.0. The number of hydrogen-bond acceptors (Lipinski definition) is 3. The van der Waals surface area contributed by atoms with E-state index in [1.807, 2.05) is 13.8 Å². The fraction of sp³-hybridized carbons (Fsp3) is 0.350. The fourth-order valence-electron chi connectivity index (χ4n) is 2.47. The number of benzene rings is 2. The molecular weight excluding hydrogens is 321 g/mol. The van der Waals surface area contributed by atoms with Crippen molar-refractivity contribution in [1.29, 1.82) is 0 Å². The third-order valence-electron chi connectivity index (χ3n) is 3.87. The van der Waals surface area contributed by atoms with E-state index in [2.05, 4.69) is 5.32 Å². The van der Waals surface area contributed by atoms with Gasteiger partial charge in [0.2, 0.25) is 0 Å². The second-order valence-electron chi connectivity index (χ2n) is 5.83. The minimum Gasteiger partial charge on any atom is -0.496 e. The summed E-state index contributed by atoms with van der Waals surface area (Å²) in [5.41, 5.74) is 2.21. The molecule has 25 heavy (non-hydrogen) atoms. The van der Waals surface area contributed by atoms with Gasteiger partial charge in [0, 0.05) is 17.7 Å². The van der Waals surface area contributed by atoms with Crippen LogP contribution in [0.15, 0.2) is 42.5 Å². The molecule has 0 saturated heterocycles. The van der Waals surface area contributed by atoms with Crippen molar-refractivity contribution in [2.45, 2.75) is 32.9 Å². The normalized spacial score (nSPS) is 11.8. The molecule has 0 aliphatic heterocycles. The van der Waals surface area contributed by atoms with Gasteiger partial charge in [-0.05, 0) is 49.2 Å². The lowest BCUT2D eigenvalue weighted by Crippen LogP contribution is -2.26. The average Bonchev–Trinajstić information content (AvgIpc) is 2.62. The van der Waals surface area contributed by atoms with Crippen LogP contribution in [-0.4, -0.2) is 19.6 Å². The van der Waals surface area contributed by atoms with E-state index in [-0.39, 0.29) is 17.8 Å². The van der Waals surface area contributed by atoms with Crippen LogP contribution >= 0.6 is 0 Å². The molecule has 0 bridgehead atoms. The Morgan fingerprint density at radius 3 is 2.56 bits per heavy atom. The van der Waals surface area contributed by atoms with E-state index < -0.39 is 0 Å². The molecule has 0 saturated carbocycles. The maximum Gasteiger partial charge on any atom is 0.251 e. The first kappa shape index (κ1) is 18.9. The van der Waals surface area contributed by atoms with Crippen LogP contribution in [0, 0.1) is 5.82 Å². The number of rotatable bonds is 8. The van der Waals surface area contributed by atoms with Crippen molar-refractivity contribution in [2.24, 2.45) is 0 Å². The lowest BCUT2D eigenvalue weighted by molar-refractivity contribution is 0.0939. The minimum absolute atomic E-state index is 0.198. The van der Waals surface area contributed by atoms with Gasteiger partial charge in [-0.1, -0.05) is 19.1 Å². The van der Waals surface area contributed by atoms with E-state index in [9.17, 15) is 9.18 Å². The van der Waals surface area contributed by atoms with Crippen molar-refractivity contribution in [2.75, 3.05) is 13.7 Å². The van der Waals surface area contributed by atoms with Crippen LogP contribution in [0.4, 0.5) is 4.39 Å². The largest absolute Gasteiger partial charge is 0.496 e. The van der Waals surface area contributed by atoms with Crippen LogP contribution in [0.3, 0.4) is 0 Å². The second kappa shape index (κ2) is 9.18. The van der Waals surface area contributed by atoms with Crippen LogP contribution in [0.2, 0.25) is 0 Å². The van der Waals surface area contributed by atoms with Crippen molar-refractivity contribution < 1.29 is 18.7 Å². The van der Waals surface area contributed by atoms with E-state index in [0.29, 0.717) is 24.5 Å². The van der Waals surface area contributed by atoms with Crippen molar-refractivity contribution in [3.05, 3.63) is 65.0 Å². The predicted molar refractivity (Wildman–Crippen MR) is 95.2 cm³/mol. The van der Waals surface area contributed by atoms with Gasteiger partial charge in [0.1, 0.15) is 11.6 Å². The van der Waals surface area contributed by atoms with E-state index in [1.165, 1.54) is 12.1 Å². The summed E-state index contributed by atoms with van der Waals surface area (Å²) in [6, 6.07) is 11.1. The first-order chi connectivity index (χ1) is 12.0. The van der Waals surface area contributed by atoms with Gasteiger partial charge in [-0.3, -0.25) is 4.79 Å². The van der Waals surface area contributed by atoms with Crippen molar-refractivity contribution in [3.63, 3.8) is 0 Å². The zero-order chi connectivity index (χ0) is 18.2. The molecule has 4 nitrogen and oxygen atoms in total. The molecule has 0 heterocycles. The summed E-state index contributed by atoms with van der Waals surface area (Å²) < 4.78 is 23.9. The Morgan fingerprint density at radius 2 is 1.92 bits per heavy atom. The molecule has 0 radical (unpaired) electrons. The third-order valence-corrected chi connectivity index (χ3v) is 3.87. The zero-order valence-corrected chi connectivity index (χ0v) is 14.8. The van der Waals surface area contributed by atoms with Gasteiger partial charge in [0.25, 0.3) is 5.91 Å². The Kier molecular flexibility index (Phi) is 6.95. The Morgan fingerprint density at radius 1 is 1.20 bits per heavy atom. The van der Waals surface area contributed by atoms with Gasteiger partial charge in [-0.25, -0.2) is 4.39 Å². The fourth-order valence-corrected chi connectivity index (χ4v) is 2.47. The van der Waals surface area contributed by atoms with E-state index >= 15 is 0 Å². The quantitative estimate of drug-likeness (QED) is 0.728. The SMILES string of the molecule is CCCOCc1cc(C(=O)NC(C)c2ccc(F)cc2)ccc1OC. The van der Waals surface area contributed by atoms with Gasteiger partial charge in [-0.2, -0.15) is 0 Å². The number of nitrogens with one attached hydrogen (secondary N) is 1. The molecule has 2 rings (SSSR count). The highest BCUT2D eigenvalue weighted by atomic mass is 19.1. The molecular formula is C20H24FNO3. The number of methoxy groups -OCH3 is 1. The molecule has 0 aliphatic rings. The summed E-state index contributed by atoms with van der Waals surface area (Å²) in [5.74, 6) is 0.199. The first-order valence-corrected chi connectivity index (χ1v) is 8.36. The van der Waals surface area contributed by atoms with Crippen LogP contribution in [0.5, 0.6) is 5.75 Å². The summed E-state index contributed by atoms with van der Waals surface area (Å²) in [4.78, 5) is 12.5. The zero-order valence-electron chi connectivity index (χ0n) is 14.8. The van der Waals surface area contributed by atoms with Gasteiger partial charge in [0.05, 0.1) is 19.8 Å². The van der Waals surface area contributed by atoms with Crippen LogP contribution in [-0.2, 0) is 11.3 Å². The molecule has 1 unspecified atom stereocenters. The van der Waals surface area contributed by atoms with Gasteiger partial charge < -0.3 is 14.8 Å². The number of ether oxygens (including phenoxy) is 2. The Balaban J connectivity index is 2.09. The molecule has 2 aromatic rings. The van der Waals surface area contributed by atoms with Crippen LogP contribution in [0.25, 0.3) is 0 Å². The summed E-state index contributed by atoms with van der Waals surface area (Å²) in [6.07, 6.45) is 0.928. The van der Waals surface area contributed by atoms with E-state index in [0.717, 1.165) is 17.5 Å². The minimum atomic E-state index is -0.297. The molecule has 0 aromatic heterocycles. The highest BCUT2D eigenvalue weighted by Crippen LogP contribution is 2.22. The Bertz CT molecular complexity index is 701. The molecule has 0 aliphatic carbocycles. The van der Waals surface area contributed by atoms with Crippen molar-refractivity contribution in [3.8, 4) is 5.75 Å². The number of carbonyl (C=O) groups excluding carboxylic acids is 1. The molecule has 1 atom stereocenters. The van der Waals surface area contributed by atoms with E-state index in [4.69, 9.17) is 9.47 Å². The smallest absolute Gasteiger partial charge is 0.251 e.